The van der Waals surface area contributed by atoms with Crippen molar-refractivity contribution in [3.8, 4) is 0 Å². The van der Waals surface area contributed by atoms with Gasteiger partial charge in [-0.3, -0.25) is 0 Å². The molecular formula is C50H56N2. The van der Waals surface area contributed by atoms with Crippen LogP contribution in [0.2, 0.25) is 0 Å². The van der Waals surface area contributed by atoms with Crippen LogP contribution in [0.25, 0.3) is 16.8 Å². The molecule has 7 rings (SSSR count). The van der Waals surface area contributed by atoms with Crippen molar-refractivity contribution >= 4 is 33.9 Å². The van der Waals surface area contributed by atoms with Crippen LogP contribution in [0.5, 0.6) is 0 Å². The zero-order chi connectivity index (χ0) is 36.8. The molecule has 266 valence electrons. The third kappa shape index (κ3) is 6.53. The first-order chi connectivity index (χ1) is 24.8. The van der Waals surface area contributed by atoms with Gasteiger partial charge < -0.3 is 9.80 Å². The quantitative estimate of drug-likeness (QED) is 0.170. The molecule has 2 aliphatic heterocycles. The Morgan fingerprint density at radius 3 is 1.92 bits per heavy atom. The van der Waals surface area contributed by atoms with Gasteiger partial charge >= 0.3 is 0 Å². The first-order valence-corrected chi connectivity index (χ1v) is 19.2. The molecule has 0 bridgehead atoms. The third-order valence-electron chi connectivity index (χ3n) is 11.9. The summed E-state index contributed by atoms with van der Waals surface area (Å²) in [6, 6.07) is 31.3. The van der Waals surface area contributed by atoms with Crippen LogP contribution in [0.3, 0.4) is 0 Å². The summed E-state index contributed by atoms with van der Waals surface area (Å²) in [6.45, 7) is 25.4. The minimum absolute atomic E-state index is 0.0114. The number of aryl methyl sites for hydroxylation is 2. The summed E-state index contributed by atoms with van der Waals surface area (Å²) in [5.74, 6) is 0. The summed E-state index contributed by atoms with van der Waals surface area (Å²) >= 11 is 0. The smallest absolute Gasteiger partial charge is 0.0496 e. The molecule has 3 aliphatic rings. The molecule has 0 N–H and O–H groups in total. The zero-order valence-electron chi connectivity index (χ0n) is 32.5. The van der Waals surface area contributed by atoms with Crippen LogP contribution in [-0.2, 0) is 12.8 Å². The number of benzene rings is 4. The lowest BCUT2D eigenvalue weighted by Crippen LogP contribution is -2.47. The second-order valence-electron chi connectivity index (χ2n) is 17.0. The van der Waals surface area contributed by atoms with E-state index in [0.717, 1.165) is 49.7 Å². The summed E-state index contributed by atoms with van der Waals surface area (Å²) in [7, 11) is 0. The van der Waals surface area contributed by atoms with Gasteiger partial charge in [0.2, 0.25) is 0 Å². The Hall–Kier alpha value is -4.82. The van der Waals surface area contributed by atoms with E-state index >= 15 is 0 Å². The fourth-order valence-corrected chi connectivity index (χ4v) is 9.00. The van der Waals surface area contributed by atoms with Gasteiger partial charge in [-0.2, -0.15) is 0 Å². The molecule has 0 saturated heterocycles. The lowest BCUT2D eigenvalue weighted by atomic mass is 9.72. The Balaban J connectivity index is 1.19. The highest BCUT2D eigenvalue weighted by Gasteiger charge is 2.37. The molecule has 52 heavy (non-hydrogen) atoms. The largest absolute Gasteiger partial charge is 0.339 e. The molecule has 0 unspecified atom stereocenters. The van der Waals surface area contributed by atoms with Crippen molar-refractivity contribution in [3.05, 3.63) is 167 Å². The Labute approximate surface area is 313 Å². The van der Waals surface area contributed by atoms with Gasteiger partial charge in [0.1, 0.15) is 0 Å². The normalized spacial score (nSPS) is 18.5. The first kappa shape index (κ1) is 35.6. The van der Waals surface area contributed by atoms with Gasteiger partial charge in [-0.05, 0) is 136 Å². The maximum atomic E-state index is 4.54. The second-order valence-corrected chi connectivity index (χ2v) is 17.0. The summed E-state index contributed by atoms with van der Waals surface area (Å²) in [6.07, 6.45) is 18.2. The molecule has 0 spiro atoms. The Morgan fingerprint density at radius 2 is 1.27 bits per heavy atom. The number of rotatable bonds is 8. The van der Waals surface area contributed by atoms with Gasteiger partial charge in [0.05, 0.1) is 0 Å². The molecule has 0 radical (unpaired) electrons. The van der Waals surface area contributed by atoms with Gasteiger partial charge in [0.15, 0.2) is 0 Å². The number of nitrogens with zero attached hydrogens (tertiary/aromatic N) is 2. The van der Waals surface area contributed by atoms with Gasteiger partial charge in [-0.1, -0.05) is 124 Å². The lowest BCUT2D eigenvalue weighted by molar-refractivity contribution is 0.427. The first-order valence-electron chi connectivity index (χ1n) is 19.2. The molecule has 0 atom stereocenters. The number of para-hydroxylation sites is 2. The van der Waals surface area contributed by atoms with Gasteiger partial charge in [-0.15, -0.1) is 0 Å². The molecule has 2 heterocycles. The molecular weight excluding hydrogens is 629 g/mol. The Kier molecular flexibility index (Phi) is 9.32. The molecule has 4 aromatic carbocycles. The minimum Gasteiger partial charge on any atom is -0.339 e. The molecule has 2 heteroatoms. The van der Waals surface area contributed by atoms with Crippen LogP contribution in [0.15, 0.2) is 150 Å². The van der Waals surface area contributed by atoms with Crippen molar-refractivity contribution < 1.29 is 0 Å². The Morgan fingerprint density at radius 1 is 0.692 bits per heavy atom. The van der Waals surface area contributed by atoms with Gasteiger partial charge in [0, 0.05) is 44.6 Å². The molecule has 0 aromatic heterocycles. The van der Waals surface area contributed by atoms with Crippen molar-refractivity contribution in [1.82, 2.24) is 0 Å². The molecule has 0 amide bonds. The zero-order valence-corrected chi connectivity index (χ0v) is 32.5. The van der Waals surface area contributed by atoms with Gasteiger partial charge in [-0.25, -0.2) is 0 Å². The fourth-order valence-electron chi connectivity index (χ4n) is 9.00. The Bertz CT molecular complexity index is 2180. The third-order valence-corrected chi connectivity index (χ3v) is 11.9. The van der Waals surface area contributed by atoms with E-state index in [-0.39, 0.29) is 16.5 Å². The fraction of sp³-hybridized carbons (Fsp3) is 0.320. The van der Waals surface area contributed by atoms with E-state index in [1.165, 1.54) is 61.4 Å². The number of allylic oxidation sites excluding steroid dienone is 9. The van der Waals surface area contributed by atoms with E-state index in [1.54, 1.807) is 0 Å². The number of hydrogen-bond acceptors (Lipinski definition) is 2. The van der Waals surface area contributed by atoms with Crippen LogP contribution in [0.4, 0.5) is 17.1 Å². The van der Waals surface area contributed by atoms with Crippen molar-refractivity contribution in [2.45, 2.75) is 98.1 Å². The average Bonchev–Trinajstić information content (AvgIpc) is 3.12. The highest BCUT2D eigenvalue weighted by atomic mass is 15.2. The van der Waals surface area contributed by atoms with E-state index < -0.39 is 0 Å². The van der Waals surface area contributed by atoms with Crippen molar-refractivity contribution in [2.75, 3.05) is 9.80 Å². The van der Waals surface area contributed by atoms with Crippen LogP contribution >= 0.6 is 0 Å². The second kappa shape index (κ2) is 13.6. The topological polar surface area (TPSA) is 6.48 Å². The molecule has 0 saturated carbocycles. The maximum absolute atomic E-state index is 4.54. The molecule has 2 nitrogen and oxygen atoms in total. The minimum atomic E-state index is -0.236. The standard InChI is InChI=1S/C50H56N2/c1-35(2)44(50(8,9)40-19-16-20-41(34-40)51-45-23-14-10-17-38(45)29-31-48(51,4)5)33-36(3)25-26-37-27-28-47(43-22-13-12-21-42(37)43)52-46-24-15-11-18-39(46)30-32-49(52,6)7/h10-15,17-19,21-28,33-34H,1,3,16,20,29-32H2,2,4-9H3/b26-25+,44-33+. The van der Waals surface area contributed by atoms with E-state index in [0.29, 0.717) is 0 Å². The monoisotopic (exact) mass is 684 g/mol. The van der Waals surface area contributed by atoms with E-state index in [1.807, 2.05) is 0 Å². The lowest BCUT2D eigenvalue weighted by Gasteiger charge is -2.47. The highest BCUT2D eigenvalue weighted by Crippen LogP contribution is 2.47. The number of anilines is 3. The summed E-state index contributed by atoms with van der Waals surface area (Å²) in [5.41, 5.74) is 13.9. The average molecular weight is 685 g/mol. The van der Waals surface area contributed by atoms with Crippen molar-refractivity contribution in [2.24, 2.45) is 5.41 Å². The van der Waals surface area contributed by atoms with E-state index in [9.17, 15) is 0 Å². The van der Waals surface area contributed by atoms with Crippen LogP contribution in [0, 0.1) is 5.41 Å². The predicted octanol–water partition coefficient (Wildman–Crippen LogP) is 13.6. The summed E-state index contributed by atoms with van der Waals surface area (Å²) in [5, 5.41) is 2.52. The summed E-state index contributed by atoms with van der Waals surface area (Å²) in [4.78, 5) is 5.19. The number of fused-ring (bicyclic) bond motifs is 3. The van der Waals surface area contributed by atoms with Crippen LogP contribution in [-0.4, -0.2) is 11.1 Å². The predicted molar refractivity (Wildman–Crippen MR) is 227 cm³/mol. The summed E-state index contributed by atoms with van der Waals surface area (Å²) < 4.78 is 0. The molecule has 1 aliphatic carbocycles. The molecule has 4 aromatic rings. The van der Waals surface area contributed by atoms with Crippen LogP contribution < -0.4 is 9.80 Å². The molecule has 0 fully saturated rings. The van der Waals surface area contributed by atoms with Crippen molar-refractivity contribution in [3.63, 3.8) is 0 Å². The highest BCUT2D eigenvalue weighted by molar-refractivity contribution is 6.01. The maximum Gasteiger partial charge on any atom is 0.0496 e. The van der Waals surface area contributed by atoms with E-state index in [2.05, 4.69) is 187 Å². The van der Waals surface area contributed by atoms with Gasteiger partial charge in [0.25, 0.3) is 0 Å². The SMILES string of the molecule is C=C(/C=C/c1ccc(N2c3ccccc3CCC2(C)C)c2ccccc12)/C=C(\C(=C)C)C(C)(C)C1=CCCC(N2c3ccccc3CCC2(C)C)=C1. The van der Waals surface area contributed by atoms with E-state index in [4.69, 9.17) is 0 Å². The van der Waals surface area contributed by atoms with Crippen molar-refractivity contribution in [1.29, 1.82) is 0 Å². The van der Waals surface area contributed by atoms with Crippen LogP contribution in [0.1, 0.15) is 90.8 Å². The number of hydrogen-bond donors (Lipinski definition) is 0.